The molecule has 0 saturated carbocycles. The van der Waals surface area contributed by atoms with E-state index in [1.54, 1.807) is 36.5 Å². The van der Waals surface area contributed by atoms with Gasteiger partial charge in [0.05, 0.1) is 4.90 Å². The molecule has 2 N–H and O–H groups in total. The van der Waals surface area contributed by atoms with Crippen molar-refractivity contribution in [2.75, 3.05) is 0 Å². The molecule has 1 aromatic carbocycles. The lowest BCUT2D eigenvalue weighted by molar-refractivity contribution is 0.555. The fourth-order valence-corrected chi connectivity index (χ4v) is 3.63. The van der Waals surface area contributed by atoms with Crippen molar-refractivity contribution in [2.45, 2.75) is 14.7 Å². The molecule has 1 unspecified atom stereocenters. The Bertz CT molecular complexity index is 652. The van der Waals surface area contributed by atoms with E-state index in [0.717, 1.165) is 0 Å². The third-order valence-electron chi connectivity index (χ3n) is 2.59. The van der Waals surface area contributed by atoms with Crippen LogP contribution in [0.4, 0.5) is 0 Å². The Balaban J connectivity index is 2.34. The average molecular weight is 354 g/mol. The minimum absolute atomic E-state index is 0.103. The molecule has 1 heterocycles. The lowest BCUT2D eigenvalue weighted by Gasteiger charge is -2.24. The number of nitrogens with one attached hydrogen (secondary N) is 2. The van der Waals surface area contributed by atoms with Crippen molar-refractivity contribution in [2.24, 2.45) is 0 Å². The predicted molar refractivity (Wildman–Crippen MR) is 80.6 cm³/mol. The molecule has 0 amide bonds. The number of rotatable bonds is 4. The second-order valence-corrected chi connectivity index (χ2v) is 8.12. The van der Waals surface area contributed by atoms with E-state index in [4.69, 9.17) is 34.8 Å². The predicted octanol–water partition coefficient (Wildman–Crippen LogP) is 3.40. The molecule has 1 aromatic heterocycles. The highest BCUT2D eigenvalue weighted by Gasteiger charge is 2.38. The number of hydrogen-bond donors (Lipinski definition) is 2. The third-order valence-corrected chi connectivity index (χ3v) is 4.68. The maximum absolute atomic E-state index is 12.3. The normalized spacial score (nSPS) is 14.2. The Morgan fingerprint density at radius 1 is 1.05 bits per heavy atom. The first-order valence-electron chi connectivity index (χ1n) is 5.58. The van der Waals surface area contributed by atoms with Crippen LogP contribution in [0.2, 0.25) is 0 Å². The van der Waals surface area contributed by atoms with Gasteiger partial charge in [0.25, 0.3) is 0 Å². The van der Waals surface area contributed by atoms with Crippen molar-refractivity contribution in [3.05, 3.63) is 54.4 Å². The van der Waals surface area contributed by atoms with Gasteiger partial charge in [-0.05, 0) is 24.3 Å². The van der Waals surface area contributed by atoms with Gasteiger partial charge in [-0.2, -0.15) is 4.72 Å². The van der Waals surface area contributed by atoms with Crippen LogP contribution < -0.4 is 4.72 Å². The third kappa shape index (κ3) is 3.68. The summed E-state index contributed by atoms with van der Waals surface area (Å²) in [5.74, 6) is 0. The number of hydrogen-bond acceptors (Lipinski definition) is 2. The van der Waals surface area contributed by atoms with E-state index in [1.165, 1.54) is 12.1 Å². The van der Waals surface area contributed by atoms with Gasteiger partial charge in [0, 0.05) is 11.9 Å². The first kappa shape index (κ1) is 15.7. The second-order valence-electron chi connectivity index (χ2n) is 4.03. The topological polar surface area (TPSA) is 62.0 Å². The summed E-state index contributed by atoms with van der Waals surface area (Å²) in [4.78, 5) is 2.94. The Kier molecular flexibility index (Phi) is 4.66. The monoisotopic (exact) mass is 352 g/mol. The largest absolute Gasteiger partial charge is 0.364 e. The Labute approximate surface area is 132 Å². The summed E-state index contributed by atoms with van der Waals surface area (Å²) in [6.07, 6.45) is 1.62. The van der Waals surface area contributed by atoms with Crippen LogP contribution in [-0.2, 0) is 10.0 Å². The molecule has 0 fully saturated rings. The van der Waals surface area contributed by atoms with Crippen molar-refractivity contribution in [3.63, 3.8) is 0 Å². The van der Waals surface area contributed by atoms with E-state index in [9.17, 15) is 8.42 Å². The number of halogens is 3. The summed E-state index contributed by atoms with van der Waals surface area (Å²) in [5, 5.41) is 0. The lowest BCUT2D eigenvalue weighted by atomic mass is 10.2. The van der Waals surface area contributed by atoms with Crippen molar-refractivity contribution in [3.8, 4) is 0 Å². The van der Waals surface area contributed by atoms with E-state index in [-0.39, 0.29) is 4.90 Å². The minimum Gasteiger partial charge on any atom is -0.364 e. The zero-order chi connectivity index (χ0) is 14.8. The molecular formula is C12H11Cl3N2O2S. The summed E-state index contributed by atoms with van der Waals surface area (Å²) in [6, 6.07) is 10.2. The van der Waals surface area contributed by atoms with Crippen molar-refractivity contribution >= 4 is 44.8 Å². The summed E-state index contributed by atoms with van der Waals surface area (Å²) < 4.78 is 25.1. The first-order valence-corrected chi connectivity index (χ1v) is 8.20. The van der Waals surface area contributed by atoms with Crippen LogP contribution in [0.1, 0.15) is 11.7 Å². The zero-order valence-corrected chi connectivity index (χ0v) is 13.1. The smallest absolute Gasteiger partial charge is 0.241 e. The van der Waals surface area contributed by atoms with Crippen LogP contribution >= 0.6 is 34.8 Å². The molecule has 108 valence electrons. The van der Waals surface area contributed by atoms with Crippen LogP contribution in [-0.4, -0.2) is 17.2 Å². The SMILES string of the molecule is O=S(=O)(NC(c1ccc[nH]1)C(Cl)(Cl)Cl)c1ccccc1. The highest BCUT2D eigenvalue weighted by Crippen LogP contribution is 2.40. The molecule has 4 nitrogen and oxygen atoms in total. The molecule has 0 aliphatic heterocycles. The van der Waals surface area contributed by atoms with Crippen LogP contribution in [0.3, 0.4) is 0 Å². The summed E-state index contributed by atoms with van der Waals surface area (Å²) in [6.45, 7) is 0. The molecule has 8 heteroatoms. The van der Waals surface area contributed by atoms with Crippen LogP contribution in [0.15, 0.2) is 53.6 Å². The van der Waals surface area contributed by atoms with Gasteiger partial charge >= 0.3 is 0 Å². The molecule has 0 radical (unpaired) electrons. The lowest BCUT2D eigenvalue weighted by Crippen LogP contribution is -2.36. The Morgan fingerprint density at radius 3 is 2.20 bits per heavy atom. The average Bonchev–Trinajstić information content (AvgIpc) is 2.89. The number of alkyl halides is 3. The molecular weight excluding hydrogens is 343 g/mol. The Hall–Kier alpha value is -0.720. The highest BCUT2D eigenvalue weighted by molar-refractivity contribution is 7.89. The quantitative estimate of drug-likeness (QED) is 0.828. The molecule has 20 heavy (non-hydrogen) atoms. The molecule has 1 atom stereocenters. The fourth-order valence-electron chi connectivity index (χ4n) is 1.65. The molecule has 0 aliphatic carbocycles. The molecule has 0 aliphatic rings. The molecule has 2 rings (SSSR count). The number of benzene rings is 1. The van der Waals surface area contributed by atoms with Gasteiger partial charge in [-0.15, -0.1) is 0 Å². The van der Waals surface area contributed by atoms with Crippen LogP contribution in [0.25, 0.3) is 0 Å². The van der Waals surface area contributed by atoms with Crippen molar-refractivity contribution in [1.82, 2.24) is 9.71 Å². The van der Waals surface area contributed by atoms with Gasteiger partial charge < -0.3 is 4.98 Å². The van der Waals surface area contributed by atoms with Gasteiger partial charge in [0.2, 0.25) is 13.8 Å². The van der Waals surface area contributed by atoms with E-state index in [2.05, 4.69) is 9.71 Å². The standard InChI is InChI=1S/C12H11Cl3N2O2S/c13-12(14,15)11(10-7-4-8-16-10)17-20(18,19)9-5-2-1-3-6-9/h1-8,11,16-17H. The molecule has 2 aromatic rings. The number of aromatic amines is 1. The fraction of sp³-hybridized carbons (Fsp3) is 0.167. The van der Waals surface area contributed by atoms with E-state index in [0.29, 0.717) is 5.69 Å². The second kappa shape index (κ2) is 5.95. The summed E-state index contributed by atoms with van der Waals surface area (Å²) in [5.41, 5.74) is 0.463. The molecule has 0 bridgehead atoms. The summed E-state index contributed by atoms with van der Waals surface area (Å²) in [7, 11) is -3.79. The first-order chi connectivity index (χ1) is 9.31. The molecule has 0 saturated heterocycles. The van der Waals surface area contributed by atoms with Crippen LogP contribution in [0.5, 0.6) is 0 Å². The number of aromatic nitrogens is 1. The van der Waals surface area contributed by atoms with Gasteiger partial charge in [0.15, 0.2) is 0 Å². The maximum Gasteiger partial charge on any atom is 0.241 e. The number of sulfonamides is 1. The van der Waals surface area contributed by atoms with E-state index >= 15 is 0 Å². The zero-order valence-electron chi connectivity index (χ0n) is 10.1. The van der Waals surface area contributed by atoms with Gasteiger partial charge in [-0.25, -0.2) is 8.42 Å². The van der Waals surface area contributed by atoms with Crippen LogP contribution in [0, 0.1) is 0 Å². The van der Waals surface area contributed by atoms with Gasteiger partial charge in [0.1, 0.15) is 6.04 Å². The highest BCUT2D eigenvalue weighted by atomic mass is 35.6. The van der Waals surface area contributed by atoms with E-state index in [1.807, 2.05) is 0 Å². The molecule has 0 spiro atoms. The van der Waals surface area contributed by atoms with Gasteiger partial charge in [-0.1, -0.05) is 53.0 Å². The van der Waals surface area contributed by atoms with Crippen molar-refractivity contribution < 1.29 is 8.42 Å². The number of H-pyrrole nitrogens is 1. The maximum atomic E-state index is 12.3. The Morgan fingerprint density at radius 2 is 1.70 bits per heavy atom. The minimum atomic E-state index is -3.79. The summed E-state index contributed by atoms with van der Waals surface area (Å²) >= 11 is 17.6. The van der Waals surface area contributed by atoms with Gasteiger partial charge in [-0.3, -0.25) is 0 Å². The van der Waals surface area contributed by atoms with E-state index < -0.39 is 19.9 Å². The van der Waals surface area contributed by atoms with Crippen molar-refractivity contribution in [1.29, 1.82) is 0 Å².